The van der Waals surface area contributed by atoms with Crippen molar-refractivity contribution in [1.29, 1.82) is 0 Å². The molecule has 150 valence electrons. The van der Waals surface area contributed by atoms with Crippen molar-refractivity contribution < 1.29 is 24.0 Å². The lowest BCUT2D eigenvalue weighted by Gasteiger charge is -2.07. The monoisotopic (exact) mass is 409 g/mol. The molecule has 2 aromatic rings. The molecular weight excluding hydrogens is 390 g/mol. The SMILES string of the molecule is CCOC(=O)c1c(NC(=O)CCn2nc([N+](=O)[O-])cc2C)sc(C(N)=O)c1C. The Labute approximate surface area is 163 Å². The van der Waals surface area contributed by atoms with E-state index in [4.69, 9.17) is 10.5 Å². The van der Waals surface area contributed by atoms with Crippen LogP contribution in [0.5, 0.6) is 0 Å². The van der Waals surface area contributed by atoms with Crippen molar-refractivity contribution in [3.63, 3.8) is 0 Å². The number of aromatic nitrogens is 2. The van der Waals surface area contributed by atoms with Gasteiger partial charge in [-0.25, -0.2) is 4.79 Å². The number of aryl methyl sites for hydroxylation is 2. The van der Waals surface area contributed by atoms with Gasteiger partial charge in [0.15, 0.2) is 0 Å². The highest BCUT2D eigenvalue weighted by atomic mass is 32.1. The lowest BCUT2D eigenvalue weighted by atomic mass is 10.1. The Morgan fingerprint density at radius 3 is 2.61 bits per heavy atom. The van der Waals surface area contributed by atoms with E-state index in [1.807, 2.05) is 0 Å². The largest absolute Gasteiger partial charge is 0.462 e. The maximum Gasteiger partial charge on any atom is 0.390 e. The van der Waals surface area contributed by atoms with Crippen molar-refractivity contribution in [3.05, 3.63) is 37.9 Å². The zero-order valence-corrected chi connectivity index (χ0v) is 16.3. The first-order chi connectivity index (χ1) is 13.1. The molecule has 2 aromatic heterocycles. The van der Waals surface area contributed by atoms with Crippen LogP contribution in [0.1, 0.15) is 44.6 Å². The number of nitrogens with one attached hydrogen (secondary N) is 1. The van der Waals surface area contributed by atoms with Gasteiger partial charge >= 0.3 is 11.8 Å². The van der Waals surface area contributed by atoms with Crippen LogP contribution in [0.15, 0.2) is 6.07 Å². The van der Waals surface area contributed by atoms with Crippen LogP contribution in [0.4, 0.5) is 10.8 Å². The molecule has 11 nitrogen and oxygen atoms in total. The second-order valence-corrected chi connectivity index (χ2v) is 6.79. The van der Waals surface area contributed by atoms with E-state index in [2.05, 4.69) is 10.4 Å². The highest BCUT2D eigenvalue weighted by molar-refractivity contribution is 7.18. The number of amides is 2. The molecule has 0 spiro atoms. The first-order valence-corrected chi connectivity index (χ1v) is 9.06. The van der Waals surface area contributed by atoms with Crippen molar-refractivity contribution >= 4 is 39.9 Å². The Bertz CT molecular complexity index is 948. The Morgan fingerprint density at radius 2 is 2.07 bits per heavy atom. The fourth-order valence-electron chi connectivity index (χ4n) is 2.49. The molecule has 3 N–H and O–H groups in total. The molecule has 2 heterocycles. The summed E-state index contributed by atoms with van der Waals surface area (Å²) in [7, 11) is 0. The molecule has 0 fully saturated rings. The van der Waals surface area contributed by atoms with E-state index < -0.39 is 22.7 Å². The van der Waals surface area contributed by atoms with Gasteiger partial charge in [0.25, 0.3) is 5.91 Å². The number of nitrogens with two attached hydrogens (primary N) is 1. The molecule has 0 aliphatic heterocycles. The zero-order chi connectivity index (χ0) is 21.0. The quantitative estimate of drug-likeness (QED) is 0.382. The fraction of sp³-hybridized carbons (Fsp3) is 0.375. The molecule has 0 saturated heterocycles. The third-order valence-electron chi connectivity index (χ3n) is 3.81. The summed E-state index contributed by atoms with van der Waals surface area (Å²) in [5, 5.41) is 17.3. The molecule has 0 bridgehead atoms. The average molecular weight is 409 g/mol. The first kappa shape index (κ1) is 21.0. The number of nitrogens with zero attached hydrogens (tertiary/aromatic N) is 3. The van der Waals surface area contributed by atoms with Crippen molar-refractivity contribution in [2.45, 2.75) is 33.7 Å². The first-order valence-electron chi connectivity index (χ1n) is 8.24. The maximum atomic E-state index is 12.3. The number of anilines is 1. The molecule has 28 heavy (non-hydrogen) atoms. The van der Waals surface area contributed by atoms with Crippen molar-refractivity contribution in [2.24, 2.45) is 5.73 Å². The van der Waals surface area contributed by atoms with Gasteiger partial charge in [-0.3, -0.25) is 9.59 Å². The standard InChI is InChI=1S/C16H19N5O6S/c1-4-27-16(24)12-9(3)13(14(17)23)28-15(12)18-11(22)5-6-20-8(2)7-10(19-20)21(25)26/h7H,4-6H2,1-3H3,(H2,17,23)(H,18,22). The van der Waals surface area contributed by atoms with E-state index >= 15 is 0 Å². The van der Waals surface area contributed by atoms with Gasteiger partial charge < -0.3 is 25.9 Å². The number of thiophene rings is 1. The van der Waals surface area contributed by atoms with Crippen LogP contribution in [0.25, 0.3) is 0 Å². The third kappa shape index (κ3) is 4.52. The lowest BCUT2D eigenvalue weighted by Crippen LogP contribution is -2.17. The van der Waals surface area contributed by atoms with Crippen LogP contribution in [-0.2, 0) is 16.1 Å². The molecule has 0 aliphatic carbocycles. The van der Waals surface area contributed by atoms with Crippen molar-refractivity contribution in [3.8, 4) is 0 Å². The number of primary amides is 1. The second-order valence-electron chi connectivity index (χ2n) is 5.77. The number of hydrogen-bond acceptors (Lipinski definition) is 8. The minimum atomic E-state index is -0.715. The predicted octanol–water partition coefficient (Wildman–Crippen LogP) is 1.77. The number of ether oxygens (including phenoxy) is 1. The zero-order valence-electron chi connectivity index (χ0n) is 15.5. The Morgan fingerprint density at radius 1 is 1.39 bits per heavy atom. The van der Waals surface area contributed by atoms with E-state index in [0.717, 1.165) is 11.3 Å². The van der Waals surface area contributed by atoms with E-state index in [0.29, 0.717) is 11.3 Å². The molecule has 0 aliphatic rings. The van der Waals surface area contributed by atoms with Gasteiger partial charge in [0.2, 0.25) is 5.91 Å². The predicted molar refractivity (Wildman–Crippen MR) is 100 cm³/mol. The molecule has 0 aromatic carbocycles. The molecule has 2 amide bonds. The smallest absolute Gasteiger partial charge is 0.390 e. The topological polar surface area (TPSA) is 159 Å². The molecule has 0 saturated carbocycles. The minimum absolute atomic E-state index is 0.0508. The number of esters is 1. The number of carbonyl (C=O) groups excluding carboxylic acids is 3. The molecular formula is C16H19N5O6S. The molecule has 2 rings (SSSR count). The number of carbonyl (C=O) groups is 3. The van der Waals surface area contributed by atoms with E-state index in [-0.39, 0.29) is 40.8 Å². The highest BCUT2D eigenvalue weighted by Crippen LogP contribution is 2.33. The molecule has 0 atom stereocenters. The average Bonchev–Trinajstić information content (AvgIpc) is 3.13. The van der Waals surface area contributed by atoms with Gasteiger partial charge in [-0.15, -0.1) is 11.3 Å². The van der Waals surface area contributed by atoms with Crippen LogP contribution >= 0.6 is 11.3 Å². The summed E-state index contributed by atoms with van der Waals surface area (Å²) in [6.07, 6.45) is -0.0508. The van der Waals surface area contributed by atoms with Crippen LogP contribution < -0.4 is 11.1 Å². The van der Waals surface area contributed by atoms with Gasteiger partial charge in [0, 0.05) is 6.42 Å². The van der Waals surface area contributed by atoms with E-state index in [9.17, 15) is 24.5 Å². The molecule has 0 unspecified atom stereocenters. The Hall–Kier alpha value is -3.28. The van der Waals surface area contributed by atoms with Gasteiger partial charge in [-0.1, -0.05) is 0 Å². The van der Waals surface area contributed by atoms with Gasteiger partial charge in [-0.05, 0) is 31.3 Å². The van der Waals surface area contributed by atoms with Crippen molar-refractivity contribution in [1.82, 2.24) is 9.78 Å². The molecule has 12 heteroatoms. The summed E-state index contributed by atoms with van der Waals surface area (Å²) in [5.41, 5.74) is 6.28. The normalized spacial score (nSPS) is 10.5. The Balaban J connectivity index is 2.17. The van der Waals surface area contributed by atoms with Gasteiger partial charge in [-0.2, -0.15) is 4.68 Å². The summed E-state index contributed by atoms with van der Waals surface area (Å²) in [6, 6.07) is 1.30. The van der Waals surface area contributed by atoms with Crippen LogP contribution in [-0.4, -0.2) is 39.1 Å². The number of nitro groups is 1. The van der Waals surface area contributed by atoms with Crippen LogP contribution in [0, 0.1) is 24.0 Å². The second kappa shape index (κ2) is 8.61. The summed E-state index contributed by atoms with van der Waals surface area (Å²) in [6.45, 7) is 5.06. The summed E-state index contributed by atoms with van der Waals surface area (Å²) < 4.78 is 6.33. The summed E-state index contributed by atoms with van der Waals surface area (Å²) >= 11 is 0.891. The Kier molecular flexibility index (Phi) is 6.46. The maximum absolute atomic E-state index is 12.3. The summed E-state index contributed by atoms with van der Waals surface area (Å²) in [4.78, 5) is 46.4. The minimum Gasteiger partial charge on any atom is -0.462 e. The van der Waals surface area contributed by atoms with E-state index in [1.165, 1.54) is 10.7 Å². The number of hydrogen-bond donors (Lipinski definition) is 2. The van der Waals surface area contributed by atoms with E-state index in [1.54, 1.807) is 20.8 Å². The van der Waals surface area contributed by atoms with Gasteiger partial charge in [0.05, 0.1) is 40.5 Å². The lowest BCUT2D eigenvalue weighted by molar-refractivity contribution is -0.389. The van der Waals surface area contributed by atoms with Crippen molar-refractivity contribution in [2.75, 3.05) is 11.9 Å². The fourth-order valence-corrected chi connectivity index (χ4v) is 3.55. The summed E-state index contributed by atoms with van der Waals surface area (Å²) in [5.74, 6) is -2.14. The van der Waals surface area contributed by atoms with Crippen LogP contribution in [0.3, 0.4) is 0 Å². The number of rotatable bonds is 8. The molecule has 0 radical (unpaired) electrons. The van der Waals surface area contributed by atoms with Gasteiger partial charge in [0.1, 0.15) is 5.00 Å². The highest BCUT2D eigenvalue weighted by Gasteiger charge is 2.26. The third-order valence-corrected chi connectivity index (χ3v) is 5.03. The van der Waals surface area contributed by atoms with Crippen LogP contribution in [0.2, 0.25) is 0 Å².